The molecule has 0 unspecified atom stereocenters. The van der Waals surface area contributed by atoms with Gasteiger partial charge in [0.2, 0.25) is 0 Å². The van der Waals surface area contributed by atoms with E-state index in [4.69, 9.17) is 4.74 Å². The second kappa shape index (κ2) is 7.75. The van der Waals surface area contributed by atoms with E-state index in [0.717, 1.165) is 18.5 Å². The minimum Gasteiger partial charge on any atom is -0.496 e. The molecule has 0 aliphatic heterocycles. The lowest BCUT2D eigenvalue weighted by atomic mass is 10.1. The topological polar surface area (TPSA) is 38.3 Å². The lowest BCUT2D eigenvalue weighted by molar-refractivity contribution is 0.0949. The lowest BCUT2D eigenvalue weighted by Crippen LogP contribution is -2.25. The van der Waals surface area contributed by atoms with E-state index >= 15 is 0 Å². The number of amides is 1. The number of ether oxygens (including phenoxy) is 1. The lowest BCUT2D eigenvalue weighted by Gasteiger charge is -2.11. The van der Waals surface area contributed by atoms with Gasteiger partial charge in [-0.05, 0) is 25.0 Å². The number of hydrogen-bond acceptors (Lipinski definition) is 2. The Morgan fingerprint density at radius 2 is 2.06 bits per heavy atom. The Hall–Kier alpha value is -1.51. The van der Waals surface area contributed by atoms with Crippen LogP contribution in [0.25, 0.3) is 0 Å². The zero-order valence-corrected chi connectivity index (χ0v) is 11.6. The molecule has 18 heavy (non-hydrogen) atoms. The summed E-state index contributed by atoms with van der Waals surface area (Å²) in [5.74, 6) is 0.621. The van der Waals surface area contributed by atoms with Gasteiger partial charge >= 0.3 is 0 Å². The van der Waals surface area contributed by atoms with E-state index in [1.807, 2.05) is 19.1 Å². The van der Waals surface area contributed by atoms with Crippen LogP contribution in [0.2, 0.25) is 0 Å². The number of rotatable bonds is 7. The molecule has 1 aromatic carbocycles. The van der Waals surface area contributed by atoms with E-state index in [1.54, 1.807) is 13.2 Å². The number of methoxy groups -OCH3 is 1. The van der Waals surface area contributed by atoms with Gasteiger partial charge in [0, 0.05) is 6.54 Å². The first-order valence-corrected chi connectivity index (χ1v) is 6.62. The summed E-state index contributed by atoms with van der Waals surface area (Å²) in [7, 11) is 1.60. The van der Waals surface area contributed by atoms with Crippen molar-refractivity contribution in [2.45, 2.75) is 39.5 Å². The molecule has 0 atom stereocenters. The van der Waals surface area contributed by atoms with Crippen LogP contribution in [0.4, 0.5) is 0 Å². The van der Waals surface area contributed by atoms with E-state index in [2.05, 4.69) is 12.2 Å². The molecule has 0 aromatic heterocycles. The van der Waals surface area contributed by atoms with Crippen molar-refractivity contribution < 1.29 is 9.53 Å². The number of unbranched alkanes of at least 4 members (excludes halogenated alkanes) is 3. The third-order valence-corrected chi connectivity index (χ3v) is 2.98. The molecule has 100 valence electrons. The van der Waals surface area contributed by atoms with E-state index < -0.39 is 0 Å². The summed E-state index contributed by atoms with van der Waals surface area (Å²) in [4.78, 5) is 12.0. The third kappa shape index (κ3) is 4.06. The van der Waals surface area contributed by atoms with Gasteiger partial charge in [0.05, 0.1) is 12.7 Å². The van der Waals surface area contributed by atoms with Gasteiger partial charge in [0.1, 0.15) is 5.75 Å². The van der Waals surface area contributed by atoms with Crippen LogP contribution in [-0.4, -0.2) is 19.6 Å². The summed E-state index contributed by atoms with van der Waals surface area (Å²) in [6, 6.07) is 5.62. The number of carbonyl (C=O) groups excluding carboxylic acids is 1. The molecule has 0 saturated heterocycles. The van der Waals surface area contributed by atoms with E-state index in [-0.39, 0.29) is 5.91 Å². The standard InChI is InChI=1S/C15H23NO2/c1-4-5-6-7-11-16-15(17)13-10-8-9-12(2)14(13)18-3/h8-10H,4-7,11H2,1-3H3,(H,16,17). The minimum absolute atomic E-state index is 0.0490. The fourth-order valence-corrected chi connectivity index (χ4v) is 1.95. The van der Waals surface area contributed by atoms with Crippen molar-refractivity contribution in [1.82, 2.24) is 5.32 Å². The molecule has 1 N–H and O–H groups in total. The summed E-state index contributed by atoms with van der Waals surface area (Å²) >= 11 is 0. The highest BCUT2D eigenvalue weighted by molar-refractivity contribution is 5.97. The first kappa shape index (κ1) is 14.6. The Labute approximate surface area is 110 Å². The molecule has 3 heteroatoms. The Morgan fingerprint density at radius 1 is 1.28 bits per heavy atom. The van der Waals surface area contributed by atoms with Gasteiger partial charge in [-0.15, -0.1) is 0 Å². The zero-order valence-electron chi connectivity index (χ0n) is 11.6. The highest BCUT2D eigenvalue weighted by Crippen LogP contribution is 2.22. The number of hydrogen-bond donors (Lipinski definition) is 1. The fraction of sp³-hybridized carbons (Fsp3) is 0.533. The minimum atomic E-state index is -0.0490. The Balaban J connectivity index is 2.54. The highest BCUT2D eigenvalue weighted by Gasteiger charge is 2.12. The summed E-state index contributed by atoms with van der Waals surface area (Å²) in [6.45, 7) is 4.85. The number of nitrogens with one attached hydrogen (secondary N) is 1. The molecular weight excluding hydrogens is 226 g/mol. The average Bonchev–Trinajstić information content (AvgIpc) is 2.38. The van der Waals surface area contributed by atoms with Gasteiger partial charge in [-0.1, -0.05) is 38.3 Å². The molecule has 0 heterocycles. The van der Waals surface area contributed by atoms with E-state index in [1.165, 1.54) is 19.3 Å². The molecular formula is C15H23NO2. The zero-order chi connectivity index (χ0) is 13.4. The van der Waals surface area contributed by atoms with Gasteiger partial charge in [-0.2, -0.15) is 0 Å². The highest BCUT2D eigenvalue weighted by atomic mass is 16.5. The summed E-state index contributed by atoms with van der Waals surface area (Å²) in [5, 5.41) is 2.94. The maximum absolute atomic E-state index is 12.0. The number of para-hydroxylation sites is 1. The second-order valence-corrected chi connectivity index (χ2v) is 4.47. The molecule has 0 radical (unpaired) electrons. The largest absolute Gasteiger partial charge is 0.496 e. The van der Waals surface area contributed by atoms with E-state index in [9.17, 15) is 4.79 Å². The normalized spacial score (nSPS) is 10.2. The fourth-order valence-electron chi connectivity index (χ4n) is 1.95. The number of aryl methyl sites for hydroxylation is 1. The van der Waals surface area contributed by atoms with Crippen molar-refractivity contribution in [2.24, 2.45) is 0 Å². The first-order valence-electron chi connectivity index (χ1n) is 6.62. The van der Waals surface area contributed by atoms with Crippen molar-refractivity contribution >= 4 is 5.91 Å². The van der Waals surface area contributed by atoms with Crippen LogP contribution in [0.15, 0.2) is 18.2 Å². The van der Waals surface area contributed by atoms with Crippen LogP contribution in [0.3, 0.4) is 0 Å². The van der Waals surface area contributed by atoms with Gasteiger partial charge < -0.3 is 10.1 Å². The van der Waals surface area contributed by atoms with Crippen LogP contribution in [0, 0.1) is 6.92 Å². The Morgan fingerprint density at radius 3 is 2.72 bits per heavy atom. The maximum Gasteiger partial charge on any atom is 0.255 e. The summed E-state index contributed by atoms with van der Waals surface area (Å²) < 4.78 is 5.28. The van der Waals surface area contributed by atoms with Gasteiger partial charge in [-0.3, -0.25) is 4.79 Å². The van der Waals surface area contributed by atoms with Crippen LogP contribution in [0.5, 0.6) is 5.75 Å². The van der Waals surface area contributed by atoms with Gasteiger partial charge in [-0.25, -0.2) is 0 Å². The summed E-state index contributed by atoms with van der Waals surface area (Å²) in [6.07, 6.45) is 4.64. The smallest absolute Gasteiger partial charge is 0.255 e. The predicted octanol–water partition coefficient (Wildman–Crippen LogP) is 3.31. The van der Waals surface area contributed by atoms with Gasteiger partial charge in [0.15, 0.2) is 0 Å². The van der Waals surface area contributed by atoms with Crippen LogP contribution in [-0.2, 0) is 0 Å². The van der Waals surface area contributed by atoms with Crippen molar-refractivity contribution in [3.05, 3.63) is 29.3 Å². The Kier molecular flexibility index (Phi) is 6.26. The quantitative estimate of drug-likeness (QED) is 0.753. The molecule has 1 amide bonds. The van der Waals surface area contributed by atoms with Gasteiger partial charge in [0.25, 0.3) is 5.91 Å². The monoisotopic (exact) mass is 249 g/mol. The molecule has 0 aliphatic carbocycles. The molecule has 0 bridgehead atoms. The summed E-state index contributed by atoms with van der Waals surface area (Å²) in [5.41, 5.74) is 1.60. The Bertz CT molecular complexity index is 388. The molecule has 1 aromatic rings. The molecule has 0 saturated carbocycles. The molecule has 1 rings (SSSR count). The van der Waals surface area contributed by atoms with Crippen molar-refractivity contribution in [1.29, 1.82) is 0 Å². The SMILES string of the molecule is CCCCCCNC(=O)c1cccc(C)c1OC. The number of carbonyl (C=O) groups is 1. The molecule has 0 aliphatic rings. The molecule has 0 spiro atoms. The number of benzene rings is 1. The van der Waals surface area contributed by atoms with Crippen LogP contribution < -0.4 is 10.1 Å². The van der Waals surface area contributed by atoms with Crippen molar-refractivity contribution in [2.75, 3.05) is 13.7 Å². The van der Waals surface area contributed by atoms with Crippen molar-refractivity contribution in [3.8, 4) is 5.75 Å². The molecule has 3 nitrogen and oxygen atoms in total. The molecule has 0 fully saturated rings. The maximum atomic E-state index is 12.0. The first-order chi connectivity index (χ1) is 8.70. The third-order valence-electron chi connectivity index (χ3n) is 2.98. The van der Waals surface area contributed by atoms with E-state index in [0.29, 0.717) is 11.3 Å². The predicted molar refractivity (Wildman–Crippen MR) is 74.2 cm³/mol. The van der Waals surface area contributed by atoms with Crippen LogP contribution in [0.1, 0.15) is 48.5 Å². The average molecular weight is 249 g/mol. The van der Waals surface area contributed by atoms with Crippen molar-refractivity contribution in [3.63, 3.8) is 0 Å². The van der Waals surface area contributed by atoms with Crippen LogP contribution >= 0.6 is 0 Å². The second-order valence-electron chi connectivity index (χ2n) is 4.47.